The van der Waals surface area contributed by atoms with Crippen LogP contribution < -0.4 is 10.8 Å². The molecule has 6 rings (SSSR count). The Morgan fingerprint density at radius 1 is 0.737 bits per heavy atom. The van der Waals surface area contributed by atoms with Gasteiger partial charge in [-0.25, -0.2) is 9.97 Å². The molecular formula is C30H23ClN6S. The molecule has 8 heteroatoms. The molecule has 0 saturated heterocycles. The van der Waals surface area contributed by atoms with E-state index in [4.69, 9.17) is 38.9 Å². The lowest BCUT2D eigenvalue weighted by Gasteiger charge is -2.17. The van der Waals surface area contributed by atoms with Crippen LogP contribution in [0.5, 0.6) is 0 Å². The Bertz CT molecular complexity index is 1940. The highest BCUT2D eigenvalue weighted by molar-refractivity contribution is 7.71. The van der Waals surface area contributed by atoms with Crippen molar-refractivity contribution in [1.82, 2.24) is 19.1 Å². The van der Waals surface area contributed by atoms with Crippen molar-refractivity contribution in [3.63, 3.8) is 0 Å². The van der Waals surface area contributed by atoms with Crippen LogP contribution in [0.1, 0.15) is 11.1 Å². The molecular weight excluding hydrogens is 512 g/mol. The van der Waals surface area contributed by atoms with Crippen molar-refractivity contribution in [2.45, 2.75) is 13.8 Å². The van der Waals surface area contributed by atoms with E-state index in [0.29, 0.717) is 26.4 Å². The third-order valence-corrected chi connectivity index (χ3v) is 6.97. The summed E-state index contributed by atoms with van der Waals surface area (Å²) in [5, 5.41) is 6.08. The van der Waals surface area contributed by atoms with Crippen LogP contribution in [0.2, 0.25) is 5.02 Å². The summed E-state index contributed by atoms with van der Waals surface area (Å²) < 4.78 is 4.48. The molecule has 0 aliphatic rings. The molecule has 0 unspecified atom stereocenters. The third-order valence-electron chi connectivity index (χ3n) is 6.35. The van der Waals surface area contributed by atoms with E-state index in [9.17, 15) is 0 Å². The quantitative estimate of drug-likeness (QED) is 0.190. The minimum absolute atomic E-state index is 0.541. The Labute approximate surface area is 229 Å². The highest BCUT2D eigenvalue weighted by Crippen LogP contribution is 2.22. The standard InChI is InChI=1S/C30H23ClN6S/c1-19-11-17-23(18-12-19)36-28-27(35-34-22-15-13-21(31)14-16-22)29(33-25-9-5-4-8-24(25)32-28)37(30(36)38)26-10-6-3-7-20(26)2/h3-18,34H,1-2H3/b35-27+. The predicted octanol–water partition coefficient (Wildman–Crippen LogP) is 7.29. The van der Waals surface area contributed by atoms with Crippen LogP contribution in [-0.4, -0.2) is 19.1 Å². The van der Waals surface area contributed by atoms with E-state index in [-0.39, 0.29) is 0 Å². The number of para-hydroxylation sites is 3. The van der Waals surface area contributed by atoms with Crippen molar-refractivity contribution in [1.29, 1.82) is 0 Å². The minimum Gasteiger partial charge on any atom is -0.278 e. The van der Waals surface area contributed by atoms with Gasteiger partial charge in [0.15, 0.2) is 21.4 Å². The van der Waals surface area contributed by atoms with Crippen LogP contribution in [0.15, 0.2) is 102 Å². The molecule has 4 aromatic carbocycles. The third kappa shape index (κ3) is 4.36. The van der Waals surface area contributed by atoms with E-state index in [1.54, 1.807) is 0 Å². The van der Waals surface area contributed by atoms with E-state index in [1.165, 1.54) is 0 Å². The molecule has 0 aliphatic heterocycles. The Hall–Kier alpha value is -4.33. The second-order valence-electron chi connectivity index (χ2n) is 9.01. The summed E-state index contributed by atoms with van der Waals surface area (Å²) in [5.41, 5.74) is 10.7. The van der Waals surface area contributed by atoms with Crippen molar-refractivity contribution in [2.24, 2.45) is 5.10 Å². The molecule has 0 fully saturated rings. The Morgan fingerprint density at radius 2 is 1.34 bits per heavy atom. The van der Waals surface area contributed by atoms with Crippen LogP contribution >= 0.6 is 23.8 Å². The first-order chi connectivity index (χ1) is 18.5. The average Bonchev–Trinajstić information content (AvgIpc) is 3.04. The van der Waals surface area contributed by atoms with Gasteiger partial charge in [-0.15, -0.1) is 0 Å². The van der Waals surface area contributed by atoms with Gasteiger partial charge in [0.25, 0.3) is 0 Å². The van der Waals surface area contributed by atoms with Gasteiger partial charge in [0.05, 0.1) is 22.4 Å². The lowest BCUT2D eigenvalue weighted by atomic mass is 10.2. The monoisotopic (exact) mass is 534 g/mol. The summed E-state index contributed by atoms with van der Waals surface area (Å²) in [6, 6.07) is 31.5. The topological polar surface area (TPSA) is 60.0 Å². The zero-order valence-electron chi connectivity index (χ0n) is 20.8. The maximum Gasteiger partial charge on any atom is 0.192 e. The van der Waals surface area contributed by atoms with Gasteiger partial charge in [-0.3, -0.25) is 14.6 Å². The molecule has 1 N–H and O–H groups in total. The summed E-state index contributed by atoms with van der Waals surface area (Å²) in [4.78, 5) is 10.2. The van der Waals surface area contributed by atoms with E-state index in [2.05, 4.69) is 37.5 Å². The highest BCUT2D eigenvalue weighted by atomic mass is 35.5. The first-order valence-corrected chi connectivity index (χ1v) is 12.9. The SMILES string of the molecule is Cc1ccc(-n2c(=S)n(-c3ccccc3C)c3nc4ccccc4nc2/c3=N\Nc2ccc(Cl)cc2)cc1. The number of nitrogens with one attached hydrogen (secondary N) is 1. The second-order valence-corrected chi connectivity index (χ2v) is 9.82. The molecule has 0 saturated carbocycles. The summed E-state index contributed by atoms with van der Waals surface area (Å²) in [6.45, 7) is 4.12. The molecule has 186 valence electrons. The zero-order valence-corrected chi connectivity index (χ0v) is 22.3. The number of hydrogen-bond donors (Lipinski definition) is 1. The van der Waals surface area contributed by atoms with Gasteiger partial charge in [-0.1, -0.05) is 59.6 Å². The summed E-state index contributed by atoms with van der Waals surface area (Å²) >= 11 is 12.3. The molecule has 0 amide bonds. The molecule has 38 heavy (non-hydrogen) atoms. The van der Waals surface area contributed by atoms with Crippen molar-refractivity contribution in [3.8, 4) is 11.4 Å². The van der Waals surface area contributed by atoms with Gasteiger partial charge in [-0.2, -0.15) is 5.10 Å². The van der Waals surface area contributed by atoms with Crippen molar-refractivity contribution in [2.75, 3.05) is 5.43 Å². The normalized spacial score (nSPS) is 11.8. The summed E-state index contributed by atoms with van der Waals surface area (Å²) in [6.07, 6.45) is 0. The maximum absolute atomic E-state index is 6.18. The first-order valence-electron chi connectivity index (χ1n) is 12.1. The molecule has 2 heterocycles. The number of aryl methyl sites for hydroxylation is 2. The molecule has 6 nitrogen and oxygen atoms in total. The summed E-state index contributed by atoms with van der Waals surface area (Å²) in [7, 11) is 0. The van der Waals surface area contributed by atoms with Crippen LogP contribution in [0.3, 0.4) is 0 Å². The van der Waals surface area contributed by atoms with Crippen molar-refractivity contribution in [3.05, 3.63) is 123 Å². The lowest BCUT2D eigenvalue weighted by Crippen LogP contribution is -2.23. The fourth-order valence-corrected chi connectivity index (χ4v) is 4.89. The molecule has 0 spiro atoms. The van der Waals surface area contributed by atoms with E-state index in [1.807, 2.05) is 88.0 Å². The largest absolute Gasteiger partial charge is 0.278 e. The van der Waals surface area contributed by atoms with E-state index < -0.39 is 0 Å². The summed E-state index contributed by atoms with van der Waals surface area (Å²) in [5.74, 6) is 0. The van der Waals surface area contributed by atoms with Crippen molar-refractivity contribution >= 4 is 51.8 Å². The second kappa shape index (κ2) is 9.85. The van der Waals surface area contributed by atoms with Gasteiger partial charge in [0.2, 0.25) is 0 Å². The fraction of sp³-hybridized carbons (Fsp3) is 0.0667. The average molecular weight is 535 g/mol. The number of halogens is 1. The first kappa shape index (κ1) is 24.0. The van der Waals surface area contributed by atoms with Gasteiger partial charge >= 0.3 is 0 Å². The van der Waals surface area contributed by atoms with Gasteiger partial charge in [-0.05, 0) is 86.2 Å². The van der Waals surface area contributed by atoms with Gasteiger partial charge in [0.1, 0.15) is 0 Å². The van der Waals surface area contributed by atoms with Crippen LogP contribution in [0.25, 0.3) is 33.7 Å². The Morgan fingerprint density at radius 3 is 2.00 bits per heavy atom. The van der Waals surface area contributed by atoms with Gasteiger partial charge < -0.3 is 0 Å². The number of aromatic nitrogens is 4. The fourth-order valence-electron chi connectivity index (χ4n) is 4.38. The number of rotatable bonds is 4. The Kier molecular flexibility index (Phi) is 6.23. The predicted molar refractivity (Wildman–Crippen MR) is 157 cm³/mol. The number of nitrogens with zero attached hydrogens (tertiary/aromatic N) is 5. The molecule has 6 aromatic rings. The van der Waals surface area contributed by atoms with Crippen LogP contribution in [-0.2, 0) is 0 Å². The maximum atomic E-state index is 6.18. The molecule has 0 radical (unpaired) electrons. The molecule has 0 atom stereocenters. The van der Waals surface area contributed by atoms with Crippen molar-refractivity contribution < 1.29 is 0 Å². The zero-order chi connectivity index (χ0) is 26.2. The van der Waals surface area contributed by atoms with E-state index >= 15 is 0 Å². The van der Waals surface area contributed by atoms with Crippen LogP contribution in [0.4, 0.5) is 5.69 Å². The number of fused-ring (bicyclic) bond motifs is 3. The smallest absolute Gasteiger partial charge is 0.192 e. The number of benzene rings is 4. The van der Waals surface area contributed by atoms with Crippen LogP contribution in [0, 0.1) is 18.6 Å². The lowest BCUT2D eigenvalue weighted by molar-refractivity contribution is 0.881. The number of anilines is 1. The van der Waals surface area contributed by atoms with Gasteiger partial charge in [0, 0.05) is 10.7 Å². The van der Waals surface area contributed by atoms with E-state index in [0.717, 1.165) is 39.2 Å². The molecule has 2 aromatic heterocycles. The highest BCUT2D eigenvalue weighted by Gasteiger charge is 2.17. The number of hydrogen-bond acceptors (Lipinski definition) is 5. The minimum atomic E-state index is 0.541. The molecule has 0 aliphatic carbocycles. The Balaban J connectivity index is 1.81. The molecule has 2 bridgehead atoms.